The molecule has 1 fully saturated rings. The SMILES string of the molecule is CCC1(c2ccsc2)C(CN)C1(C)C. The van der Waals surface area contributed by atoms with Crippen molar-refractivity contribution in [3.8, 4) is 0 Å². The van der Waals surface area contributed by atoms with E-state index in [4.69, 9.17) is 5.73 Å². The fraction of sp³-hybridized carbons (Fsp3) is 0.667. The average Bonchev–Trinajstić information content (AvgIpc) is 2.60. The first-order valence-electron chi connectivity index (χ1n) is 5.34. The maximum Gasteiger partial charge on any atom is 0.00588 e. The standard InChI is InChI=1S/C12H19NS/c1-4-12(9-5-6-14-8-9)10(7-13)11(12,2)3/h5-6,8,10H,4,7,13H2,1-3H3. The van der Waals surface area contributed by atoms with Crippen molar-refractivity contribution >= 4 is 11.3 Å². The fourth-order valence-electron chi connectivity index (χ4n) is 3.46. The van der Waals surface area contributed by atoms with Crippen LogP contribution in [0, 0.1) is 11.3 Å². The lowest BCUT2D eigenvalue weighted by atomic mass is 9.87. The highest BCUT2D eigenvalue weighted by atomic mass is 32.1. The zero-order chi connectivity index (χ0) is 10.4. The maximum absolute atomic E-state index is 5.87. The summed E-state index contributed by atoms with van der Waals surface area (Å²) in [6.07, 6.45) is 1.21. The third-order valence-electron chi connectivity index (χ3n) is 4.36. The lowest BCUT2D eigenvalue weighted by Gasteiger charge is -2.17. The van der Waals surface area contributed by atoms with Crippen LogP contribution in [0.4, 0.5) is 0 Å². The summed E-state index contributed by atoms with van der Waals surface area (Å²) in [5.41, 5.74) is 8.12. The normalized spacial score (nSPS) is 34.4. The Labute approximate surface area is 90.3 Å². The first-order chi connectivity index (χ1) is 6.61. The Bertz CT molecular complexity index is 315. The van der Waals surface area contributed by atoms with Crippen LogP contribution in [0.3, 0.4) is 0 Å². The Morgan fingerprint density at radius 2 is 2.21 bits per heavy atom. The van der Waals surface area contributed by atoms with Crippen LogP contribution in [0.5, 0.6) is 0 Å². The number of nitrogens with two attached hydrogens (primary N) is 1. The molecule has 2 heteroatoms. The second-order valence-corrected chi connectivity index (χ2v) is 5.63. The monoisotopic (exact) mass is 209 g/mol. The fourth-order valence-corrected chi connectivity index (χ4v) is 4.20. The molecule has 0 bridgehead atoms. The summed E-state index contributed by atoms with van der Waals surface area (Å²) in [5, 5.41) is 4.47. The van der Waals surface area contributed by atoms with E-state index >= 15 is 0 Å². The van der Waals surface area contributed by atoms with E-state index in [1.807, 2.05) is 0 Å². The summed E-state index contributed by atoms with van der Waals surface area (Å²) >= 11 is 1.79. The van der Waals surface area contributed by atoms with Crippen molar-refractivity contribution in [2.75, 3.05) is 6.54 Å². The molecule has 78 valence electrons. The van der Waals surface area contributed by atoms with Gasteiger partial charge in [-0.15, -0.1) is 0 Å². The highest BCUT2D eigenvalue weighted by Crippen LogP contribution is 2.70. The Hall–Kier alpha value is -0.340. The van der Waals surface area contributed by atoms with Crippen molar-refractivity contribution in [3.63, 3.8) is 0 Å². The molecule has 1 aliphatic rings. The van der Waals surface area contributed by atoms with Gasteiger partial charge in [-0.2, -0.15) is 11.3 Å². The smallest absolute Gasteiger partial charge is 0.00588 e. The molecule has 0 radical (unpaired) electrons. The highest BCUT2D eigenvalue weighted by molar-refractivity contribution is 7.08. The molecule has 2 rings (SSSR count). The minimum atomic E-state index is 0.363. The molecule has 1 aromatic rings. The predicted octanol–water partition coefficient (Wildman–Crippen LogP) is 3.01. The lowest BCUT2D eigenvalue weighted by Crippen LogP contribution is -2.14. The van der Waals surface area contributed by atoms with E-state index in [1.165, 1.54) is 12.0 Å². The molecule has 1 heterocycles. The van der Waals surface area contributed by atoms with E-state index in [0.29, 0.717) is 16.7 Å². The first kappa shape index (κ1) is 10.2. The summed E-state index contributed by atoms with van der Waals surface area (Å²) in [7, 11) is 0. The maximum atomic E-state index is 5.87. The van der Waals surface area contributed by atoms with Crippen molar-refractivity contribution in [2.24, 2.45) is 17.1 Å². The Kier molecular flexibility index (Phi) is 2.24. The van der Waals surface area contributed by atoms with Crippen LogP contribution in [-0.4, -0.2) is 6.54 Å². The highest BCUT2D eigenvalue weighted by Gasteiger charge is 2.69. The molecule has 2 N–H and O–H groups in total. The van der Waals surface area contributed by atoms with Crippen LogP contribution >= 0.6 is 11.3 Å². The summed E-state index contributed by atoms with van der Waals surface area (Å²) in [5.74, 6) is 0.662. The predicted molar refractivity (Wildman–Crippen MR) is 62.6 cm³/mol. The zero-order valence-corrected chi connectivity index (χ0v) is 10.0. The first-order valence-corrected chi connectivity index (χ1v) is 6.28. The molecule has 0 amide bonds. The van der Waals surface area contributed by atoms with Crippen LogP contribution < -0.4 is 5.73 Å². The molecule has 0 aliphatic heterocycles. The van der Waals surface area contributed by atoms with Gasteiger partial charge < -0.3 is 5.73 Å². The molecule has 14 heavy (non-hydrogen) atoms. The molecule has 1 nitrogen and oxygen atoms in total. The summed E-state index contributed by atoms with van der Waals surface area (Å²) in [4.78, 5) is 0. The van der Waals surface area contributed by atoms with Gasteiger partial charge in [-0.05, 0) is 46.7 Å². The van der Waals surface area contributed by atoms with E-state index in [0.717, 1.165) is 6.54 Å². The third kappa shape index (κ3) is 0.986. The molecule has 2 atom stereocenters. The second kappa shape index (κ2) is 3.07. The summed E-state index contributed by atoms with van der Waals surface area (Å²) in [6, 6.07) is 2.27. The van der Waals surface area contributed by atoms with Gasteiger partial charge in [-0.1, -0.05) is 20.8 Å². The van der Waals surface area contributed by atoms with Crippen LogP contribution in [0.15, 0.2) is 16.8 Å². The van der Waals surface area contributed by atoms with Crippen LogP contribution in [0.25, 0.3) is 0 Å². The van der Waals surface area contributed by atoms with Crippen molar-refractivity contribution < 1.29 is 0 Å². The second-order valence-electron chi connectivity index (χ2n) is 4.85. The molecular weight excluding hydrogens is 190 g/mol. The number of thiophene rings is 1. The van der Waals surface area contributed by atoms with E-state index in [2.05, 4.69) is 37.6 Å². The quantitative estimate of drug-likeness (QED) is 0.813. The minimum Gasteiger partial charge on any atom is -0.330 e. The Balaban J connectivity index is 2.39. The van der Waals surface area contributed by atoms with Gasteiger partial charge in [-0.3, -0.25) is 0 Å². The minimum absolute atomic E-state index is 0.363. The van der Waals surface area contributed by atoms with Gasteiger partial charge in [0.05, 0.1) is 0 Å². The molecule has 1 aliphatic carbocycles. The Morgan fingerprint density at radius 3 is 2.57 bits per heavy atom. The number of rotatable bonds is 3. The summed E-state index contributed by atoms with van der Waals surface area (Å²) in [6.45, 7) is 7.81. The van der Waals surface area contributed by atoms with Crippen LogP contribution in [0.1, 0.15) is 32.8 Å². The average molecular weight is 209 g/mol. The van der Waals surface area contributed by atoms with Crippen molar-refractivity contribution in [2.45, 2.75) is 32.6 Å². The molecule has 2 unspecified atom stereocenters. The van der Waals surface area contributed by atoms with Crippen molar-refractivity contribution in [1.29, 1.82) is 0 Å². The topological polar surface area (TPSA) is 26.0 Å². The van der Waals surface area contributed by atoms with Gasteiger partial charge in [0.15, 0.2) is 0 Å². The van der Waals surface area contributed by atoms with Crippen LogP contribution in [-0.2, 0) is 5.41 Å². The molecule has 0 spiro atoms. The van der Waals surface area contributed by atoms with Gasteiger partial charge in [0.2, 0.25) is 0 Å². The van der Waals surface area contributed by atoms with E-state index in [-0.39, 0.29) is 0 Å². The van der Waals surface area contributed by atoms with Gasteiger partial charge in [-0.25, -0.2) is 0 Å². The van der Waals surface area contributed by atoms with E-state index in [1.54, 1.807) is 11.3 Å². The van der Waals surface area contributed by atoms with Crippen LogP contribution in [0.2, 0.25) is 0 Å². The molecular formula is C12H19NS. The molecule has 1 saturated carbocycles. The molecule has 1 aromatic heterocycles. The van der Waals surface area contributed by atoms with Gasteiger partial charge in [0.1, 0.15) is 0 Å². The molecule has 0 saturated heterocycles. The lowest BCUT2D eigenvalue weighted by molar-refractivity contribution is 0.483. The van der Waals surface area contributed by atoms with Crippen molar-refractivity contribution in [1.82, 2.24) is 0 Å². The number of hydrogen-bond donors (Lipinski definition) is 1. The van der Waals surface area contributed by atoms with Gasteiger partial charge in [0.25, 0.3) is 0 Å². The molecule has 0 aromatic carbocycles. The van der Waals surface area contributed by atoms with E-state index in [9.17, 15) is 0 Å². The Morgan fingerprint density at radius 1 is 1.50 bits per heavy atom. The summed E-state index contributed by atoms with van der Waals surface area (Å²) < 4.78 is 0. The van der Waals surface area contributed by atoms with Gasteiger partial charge >= 0.3 is 0 Å². The third-order valence-corrected chi connectivity index (χ3v) is 5.05. The zero-order valence-electron chi connectivity index (χ0n) is 9.21. The van der Waals surface area contributed by atoms with Gasteiger partial charge in [0, 0.05) is 5.41 Å². The van der Waals surface area contributed by atoms with E-state index < -0.39 is 0 Å². The van der Waals surface area contributed by atoms with Crippen molar-refractivity contribution in [3.05, 3.63) is 22.4 Å². The number of hydrogen-bond acceptors (Lipinski definition) is 2. The largest absolute Gasteiger partial charge is 0.330 e.